The number of hydrogen-bond donors (Lipinski definition) is 3. The van der Waals surface area contributed by atoms with E-state index in [-0.39, 0.29) is 18.1 Å². The Balaban J connectivity index is 1.67. The van der Waals surface area contributed by atoms with E-state index >= 15 is 0 Å². The van der Waals surface area contributed by atoms with Crippen LogP contribution < -0.4 is 10.1 Å². The molecule has 0 spiro atoms. The van der Waals surface area contributed by atoms with Crippen molar-refractivity contribution >= 4 is 0 Å². The monoisotopic (exact) mass is 333 g/mol. The molecule has 24 heavy (non-hydrogen) atoms. The number of β-amino-alcohol motifs (C(OH)–C–C–N with tert-alkyl or cyclic N) is 1. The van der Waals surface area contributed by atoms with E-state index in [0.29, 0.717) is 6.54 Å². The van der Waals surface area contributed by atoms with Gasteiger partial charge in [-0.1, -0.05) is 31.4 Å². The molecule has 1 fully saturated rings. The van der Waals surface area contributed by atoms with E-state index in [1.807, 2.05) is 12.1 Å². The Kier molecular flexibility index (Phi) is 4.92. The lowest BCUT2D eigenvalue weighted by molar-refractivity contribution is -0.0308. The second-order valence-corrected chi connectivity index (χ2v) is 8.39. The second kappa shape index (κ2) is 6.66. The van der Waals surface area contributed by atoms with Crippen molar-refractivity contribution in [3.63, 3.8) is 0 Å². The lowest BCUT2D eigenvalue weighted by Crippen LogP contribution is -2.44. The third kappa shape index (κ3) is 3.46. The molecule has 1 aromatic rings. The predicted molar refractivity (Wildman–Crippen MR) is 95.4 cm³/mol. The lowest BCUT2D eigenvalue weighted by Gasteiger charge is -2.47. The SMILES string of the molecule is CC(C)(C)NCC(O)COc1cccc2c1[C@]1(O)CCCCC[C@H]21. The van der Waals surface area contributed by atoms with Crippen molar-refractivity contribution in [2.45, 2.75) is 76.0 Å². The summed E-state index contributed by atoms with van der Waals surface area (Å²) in [4.78, 5) is 0. The van der Waals surface area contributed by atoms with E-state index in [4.69, 9.17) is 4.74 Å². The molecular formula is C20H31NO3. The summed E-state index contributed by atoms with van der Waals surface area (Å²) in [5.41, 5.74) is 1.45. The third-order valence-corrected chi connectivity index (χ3v) is 5.29. The van der Waals surface area contributed by atoms with Crippen LogP contribution in [0.25, 0.3) is 0 Å². The minimum absolute atomic E-state index is 0.0276. The first-order chi connectivity index (χ1) is 11.3. The van der Waals surface area contributed by atoms with E-state index in [2.05, 4.69) is 32.2 Å². The molecule has 3 N–H and O–H groups in total. The number of rotatable bonds is 5. The molecule has 134 valence electrons. The van der Waals surface area contributed by atoms with Crippen LogP contribution >= 0.6 is 0 Å². The number of fused-ring (bicyclic) bond motifs is 4. The molecule has 0 aromatic heterocycles. The van der Waals surface area contributed by atoms with Crippen LogP contribution in [0.5, 0.6) is 5.75 Å². The number of aliphatic hydroxyl groups excluding tert-OH is 1. The van der Waals surface area contributed by atoms with Gasteiger partial charge in [-0.05, 0) is 45.2 Å². The Hall–Kier alpha value is -1.10. The number of aliphatic hydroxyl groups is 2. The fourth-order valence-corrected chi connectivity index (χ4v) is 4.06. The third-order valence-electron chi connectivity index (χ3n) is 5.29. The van der Waals surface area contributed by atoms with Gasteiger partial charge < -0.3 is 20.3 Å². The Morgan fingerprint density at radius 2 is 2.08 bits per heavy atom. The van der Waals surface area contributed by atoms with Crippen LogP contribution in [0, 0.1) is 0 Å². The van der Waals surface area contributed by atoms with Crippen LogP contribution in [-0.4, -0.2) is 35.0 Å². The van der Waals surface area contributed by atoms with Crippen molar-refractivity contribution in [1.29, 1.82) is 0 Å². The first-order valence-electron chi connectivity index (χ1n) is 9.23. The van der Waals surface area contributed by atoms with Crippen LogP contribution in [-0.2, 0) is 5.60 Å². The zero-order chi connectivity index (χ0) is 17.4. The Morgan fingerprint density at radius 1 is 1.29 bits per heavy atom. The minimum Gasteiger partial charge on any atom is -0.490 e. The van der Waals surface area contributed by atoms with Crippen molar-refractivity contribution < 1.29 is 14.9 Å². The van der Waals surface area contributed by atoms with Gasteiger partial charge in [0.05, 0.1) is 0 Å². The summed E-state index contributed by atoms with van der Waals surface area (Å²) in [6, 6.07) is 6.03. The first-order valence-corrected chi connectivity index (χ1v) is 9.23. The Bertz CT molecular complexity index is 581. The van der Waals surface area contributed by atoms with Gasteiger partial charge >= 0.3 is 0 Å². The standard InChI is InChI=1S/C20H31NO3/c1-19(2,3)21-12-14(22)13-24-17-10-7-8-15-16-9-5-4-6-11-20(16,23)18(15)17/h7-8,10,14,16,21-23H,4-6,9,11-13H2,1-3H3/t14?,16-,20+/m1/s1. The van der Waals surface area contributed by atoms with Crippen LogP contribution in [0.15, 0.2) is 18.2 Å². The molecule has 2 aliphatic carbocycles. The number of hydrogen-bond acceptors (Lipinski definition) is 4. The van der Waals surface area contributed by atoms with E-state index in [0.717, 1.165) is 30.6 Å². The van der Waals surface area contributed by atoms with Gasteiger partial charge in [-0.3, -0.25) is 0 Å². The molecule has 1 aromatic carbocycles. The summed E-state index contributed by atoms with van der Waals surface area (Å²) < 4.78 is 5.90. The van der Waals surface area contributed by atoms with Crippen molar-refractivity contribution in [2.75, 3.05) is 13.2 Å². The maximum absolute atomic E-state index is 11.2. The second-order valence-electron chi connectivity index (χ2n) is 8.39. The molecule has 3 rings (SSSR count). The van der Waals surface area contributed by atoms with Gasteiger partial charge in [-0.25, -0.2) is 0 Å². The molecule has 1 unspecified atom stereocenters. The van der Waals surface area contributed by atoms with Gasteiger partial charge in [0.25, 0.3) is 0 Å². The van der Waals surface area contributed by atoms with Crippen molar-refractivity contribution in [2.24, 2.45) is 0 Å². The molecule has 2 aliphatic rings. The molecule has 0 bridgehead atoms. The Morgan fingerprint density at radius 3 is 2.83 bits per heavy atom. The summed E-state index contributed by atoms with van der Waals surface area (Å²) in [5.74, 6) is 0.994. The predicted octanol–water partition coefficient (Wildman–Crippen LogP) is 3.06. The van der Waals surface area contributed by atoms with Crippen molar-refractivity contribution in [3.8, 4) is 5.75 Å². The quantitative estimate of drug-likeness (QED) is 0.775. The first kappa shape index (κ1) is 17.7. The Labute approximate surface area is 145 Å². The fraction of sp³-hybridized carbons (Fsp3) is 0.700. The molecular weight excluding hydrogens is 302 g/mol. The molecule has 0 radical (unpaired) electrons. The van der Waals surface area contributed by atoms with Crippen LogP contribution in [0.4, 0.5) is 0 Å². The maximum Gasteiger partial charge on any atom is 0.125 e. The normalized spacial score (nSPS) is 27.5. The van der Waals surface area contributed by atoms with Crippen LogP contribution in [0.1, 0.15) is 69.9 Å². The molecule has 0 aliphatic heterocycles. The molecule has 4 heteroatoms. The maximum atomic E-state index is 11.2. The van der Waals surface area contributed by atoms with E-state index < -0.39 is 11.7 Å². The molecule has 0 saturated heterocycles. The molecule has 0 heterocycles. The highest BCUT2D eigenvalue weighted by atomic mass is 16.5. The number of nitrogens with one attached hydrogen (secondary N) is 1. The van der Waals surface area contributed by atoms with Gasteiger partial charge in [0.15, 0.2) is 0 Å². The highest BCUT2D eigenvalue weighted by Gasteiger charge is 2.52. The van der Waals surface area contributed by atoms with Crippen LogP contribution in [0.3, 0.4) is 0 Å². The van der Waals surface area contributed by atoms with Crippen LogP contribution in [0.2, 0.25) is 0 Å². The van der Waals surface area contributed by atoms with Gasteiger partial charge in [-0.15, -0.1) is 0 Å². The lowest BCUT2D eigenvalue weighted by atomic mass is 9.61. The topological polar surface area (TPSA) is 61.7 Å². The number of benzene rings is 1. The zero-order valence-electron chi connectivity index (χ0n) is 15.1. The molecule has 0 amide bonds. The largest absolute Gasteiger partial charge is 0.490 e. The van der Waals surface area contributed by atoms with E-state index in [1.54, 1.807) is 0 Å². The smallest absolute Gasteiger partial charge is 0.125 e. The summed E-state index contributed by atoms with van der Waals surface area (Å²) in [6.45, 7) is 6.94. The zero-order valence-corrected chi connectivity index (χ0v) is 15.1. The van der Waals surface area contributed by atoms with Crippen molar-refractivity contribution in [3.05, 3.63) is 29.3 Å². The average molecular weight is 333 g/mol. The minimum atomic E-state index is -0.725. The van der Waals surface area contributed by atoms with Gasteiger partial charge in [0.2, 0.25) is 0 Å². The number of ether oxygens (including phenoxy) is 1. The molecule has 4 nitrogen and oxygen atoms in total. The average Bonchev–Trinajstić information content (AvgIpc) is 2.68. The van der Waals surface area contributed by atoms with Crippen molar-refractivity contribution in [1.82, 2.24) is 5.32 Å². The molecule has 3 atom stereocenters. The van der Waals surface area contributed by atoms with Gasteiger partial charge in [-0.2, -0.15) is 0 Å². The highest BCUT2D eigenvalue weighted by molar-refractivity contribution is 5.55. The summed E-state index contributed by atoms with van der Waals surface area (Å²) in [5, 5.41) is 24.6. The summed E-state index contributed by atoms with van der Waals surface area (Å²) >= 11 is 0. The summed E-state index contributed by atoms with van der Waals surface area (Å²) in [7, 11) is 0. The van der Waals surface area contributed by atoms with Gasteiger partial charge in [0.1, 0.15) is 24.1 Å². The van der Waals surface area contributed by atoms with Gasteiger partial charge in [0, 0.05) is 23.6 Å². The summed E-state index contributed by atoms with van der Waals surface area (Å²) in [6.07, 6.45) is 4.76. The van der Waals surface area contributed by atoms with E-state index in [1.165, 1.54) is 18.4 Å². The fourth-order valence-electron chi connectivity index (χ4n) is 4.06. The highest BCUT2D eigenvalue weighted by Crippen LogP contribution is 2.59. The van der Waals surface area contributed by atoms with E-state index in [9.17, 15) is 10.2 Å². The molecule has 1 saturated carbocycles.